The highest BCUT2D eigenvalue weighted by Gasteiger charge is 2.25. The number of hydrogen-bond acceptors (Lipinski definition) is 1. The van der Waals surface area contributed by atoms with E-state index >= 15 is 0 Å². The van der Waals surface area contributed by atoms with Crippen molar-refractivity contribution in [3.05, 3.63) is 53.1 Å². The predicted octanol–water partition coefficient (Wildman–Crippen LogP) is 3.08. The Morgan fingerprint density at radius 1 is 0.947 bits per heavy atom. The molecule has 0 spiro atoms. The van der Waals surface area contributed by atoms with Gasteiger partial charge in [0.15, 0.2) is 0 Å². The van der Waals surface area contributed by atoms with Crippen molar-refractivity contribution in [1.82, 2.24) is 0 Å². The first-order valence-corrected chi connectivity index (χ1v) is 7.65. The molecule has 0 bridgehead atoms. The van der Waals surface area contributed by atoms with Crippen LogP contribution in [0.25, 0.3) is 11.1 Å². The van der Waals surface area contributed by atoms with Gasteiger partial charge in [0.05, 0.1) is 5.30 Å². The smallest absolute Gasteiger partial charge is 0.321 e. The zero-order valence-corrected chi connectivity index (χ0v) is 12.1. The van der Waals surface area contributed by atoms with Crippen molar-refractivity contribution in [3.63, 3.8) is 0 Å². The van der Waals surface area contributed by atoms with Crippen molar-refractivity contribution >= 4 is 12.9 Å². The molecule has 2 rings (SSSR count). The third-order valence-corrected chi connectivity index (χ3v) is 4.34. The van der Waals surface area contributed by atoms with E-state index in [9.17, 15) is 14.4 Å². The average molecular weight is 276 g/mol. The maximum Gasteiger partial charge on any atom is 0.357 e. The van der Waals surface area contributed by atoms with Crippen molar-refractivity contribution in [3.8, 4) is 11.1 Å². The van der Waals surface area contributed by atoms with Gasteiger partial charge in [-0.3, -0.25) is 4.57 Å². The van der Waals surface area contributed by atoms with Crippen LogP contribution in [0.3, 0.4) is 0 Å². The topological polar surface area (TPSA) is 57.5 Å². The molecule has 0 aliphatic carbocycles. The van der Waals surface area contributed by atoms with Crippen LogP contribution in [-0.4, -0.2) is 9.79 Å². The Hall–Kier alpha value is -1.41. The second-order valence-electron chi connectivity index (χ2n) is 4.84. The van der Waals surface area contributed by atoms with E-state index in [2.05, 4.69) is 0 Å². The van der Waals surface area contributed by atoms with Crippen LogP contribution in [0, 0.1) is 20.8 Å². The van der Waals surface area contributed by atoms with Gasteiger partial charge in [-0.05, 0) is 37.5 Å². The van der Waals surface area contributed by atoms with Gasteiger partial charge < -0.3 is 9.79 Å². The summed E-state index contributed by atoms with van der Waals surface area (Å²) in [6, 6.07) is 11.3. The molecule has 0 atom stereocenters. The second-order valence-corrected chi connectivity index (χ2v) is 6.37. The van der Waals surface area contributed by atoms with E-state index in [1.54, 1.807) is 13.0 Å². The fraction of sp³-hybridized carbons (Fsp3) is 0.200. The number of rotatable bonds is 2. The summed E-state index contributed by atoms with van der Waals surface area (Å²) in [5, 5.41) is 0.137. The molecule has 0 saturated carbocycles. The van der Waals surface area contributed by atoms with Gasteiger partial charge in [-0.25, -0.2) is 0 Å². The lowest BCUT2D eigenvalue weighted by Gasteiger charge is -2.17. The normalized spacial score (nSPS) is 11.6. The standard InChI is InChI=1S/C15H17O3P/c1-10-5-4-6-13(9-10)14-11(2)7-8-12(3)15(14)19(16,17)18/h4-9H,1-3H3,(H2,16,17,18). The van der Waals surface area contributed by atoms with Gasteiger partial charge in [0, 0.05) is 5.56 Å². The van der Waals surface area contributed by atoms with E-state index in [-0.39, 0.29) is 5.30 Å². The Morgan fingerprint density at radius 2 is 1.58 bits per heavy atom. The molecule has 2 aromatic carbocycles. The van der Waals surface area contributed by atoms with Crippen LogP contribution in [0.5, 0.6) is 0 Å². The van der Waals surface area contributed by atoms with E-state index in [0.29, 0.717) is 11.1 Å². The molecular formula is C15H17O3P. The minimum atomic E-state index is -4.30. The van der Waals surface area contributed by atoms with Crippen LogP contribution in [0.15, 0.2) is 36.4 Å². The Labute approximate surface area is 113 Å². The van der Waals surface area contributed by atoms with Gasteiger partial charge in [-0.1, -0.05) is 42.0 Å². The van der Waals surface area contributed by atoms with Crippen LogP contribution in [0.1, 0.15) is 16.7 Å². The first-order chi connectivity index (χ1) is 8.80. The third kappa shape index (κ3) is 2.79. The largest absolute Gasteiger partial charge is 0.357 e. The van der Waals surface area contributed by atoms with Crippen LogP contribution >= 0.6 is 7.60 Å². The van der Waals surface area contributed by atoms with Crippen molar-refractivity contribution < 1.29 is 14.4 Å². The summed E-state index contributed by atoms with van der Waals surface area (Å²) in [7, 11) is -4.30. The summed E-state index contributed by atoms with van der Waals surface area (Å²) in [4.78, 5) is 19.2. The zero-order valence-electron chi connectivity index (χ0n) is 11.2. The lowest BCUT2D eigenvalue weighted by Crippen LogP contribution is -2.13. The van der Waals surface area contributed by atoms with Crippen molar-refractivity contribution in [2.75, 3.05) is 0 Å². The summed E-state index contributed by atoms with van der Waals surface area (Å²) < 4.78 is 11.8. The van der Waals surface area contributed by atoms with Crippen LogP contribution in [0.4, 0.5) is 0 Å². The second kappa shape index (κ2) is 4.93. The quantitative estimate of drug-likeness (QED) is 0.829. The van der Waals surface area contributed by atoms with Gasteiger partial charge in [-0.15, -0.1) is 0 Å². The maximum atomic E-state index is 11.8. The van der Waals surface area contributed by atoms with Crippen molar-refractivity contribution in [2.24, 2.45) is 0 Å². The zero-order chi connectivity index (χ0) is 14.2. The first kappa shape index (κ1) is 14.0. The highest BCUT2D eigenvalue weighted by molar-refractivity contribution is 7.60. The molecule has 100 valence electrons. The van der Waals surface area contributed by atoms with E-state index in [1.807, 2.05) is 44.2 Å². The molecule has 2 N–H and O–H groups in total. The molecule has 0 unspecified atom stereocenters. The molecule has 19 heavy (non-hydrogen) atoms. The SMILES string of the molecule is Cc1cccc(-c2c(C)ccc(C)c2P(=O)(O)O)c1. The molecule has 3 nitrogen and oxygen atoms in total. The fourth-order valence-electron chi connectivity index (χ4n) is 2.34. The maximum absolute atomic E-state index is 11.8. The Morgan fingerprint density at radius 3 is 2.16 bits per heavy atom. The van der Waals surface area contributed by atoms with Crippen molar-refractivity contribution in [1.29, 1.82) is 0 Å². The monoisotopic (exact) mass is 276 g/mol. The molecule has 0 aliphatic rings. The predicted molar refractivity (Wildman–Crippen MR) is 77.8 cm³/mol. The molecule has 0 fully saturated rings. The summed E-state index contributed by atoms with van der Waals surface area (Å²) in [6.07, 6.45) is 0. The van der Waals surface area contributed by atoms with Crippen LogP contribution in [0.2, 0.25) is 0 Å². The first-order valence-electron chi connectivity index (χ1n) is 6.04. The average Bonchev–Trinajstić information content (AvgIpc) is 2.30. The summed E-state index contributed by atoms with van der Waals surface area (Å²) in [6.45, 7) is 5.56. The third-order valence-electron chi connectivity index (χ3n) is 3.19. The lowest BCUT2D eigenvalue weighted by atomic mass is 9.97. The molecule has 0 heterocycles. The minimum Gasteiger partial charge on any atom is -0.321 e. The van der Waals surface area contributed by atoms with Gasteiger partial charge >= 0.3 is 7.60 Å². The highest BCUT2D eigenvalue weighted by atomic mass is 31.2. The molecular weight excluding hydrogens is 259 g/mol. The number of benzene rings is 2. The Bertz CT molecular complexity index is 671. The summed E-state index contributed by atoms with van der Waals surface area (Å²) in [5.74, 6) is 0. The number of aryl methyl sites for hydroxylation is 3. The van der Waals surface area contributed by atoms with Crippen LogP contribution in [-0.2, 0) is 4.57 Å². The molecule has 2 aromatic rings. The molecule has 4 heteroatoms. The van der Waals surface area contributed by atoms with E-state index in [4.69, 9.17) is 0 Å². The van der Waals surface area contributed by atoms with Gasteiger partial charge in [-0.2, -0.15) is 0 Å². The van der Waals surface area contributed by atoms with Gasteiger partial charge in [0.25, 0.3) is 0 Å². The van der Waals surface area contributed by atoms with Gasteiger partial charge in [0.1, 0.15) is 0 Å². The highest BCUT2D eigenvalue weighted by Crippen LogP contribution is 2.40. The van der Waals surface area contributed by atoms with Gasteiger partial charge in [0.2, 0.25) is 0 Å². The van der Waals surface area contributed by atoms with E-state index in [1.165, 1.54) is 0 Å². The minimum absolute atomic E-state index is 0.137. The van der Waals surface area contributed by atoms with E-state index < -0.39 is 7.60 Å². The Kier molecular flexibility index (Phi) is 3.64. The number of hydrogen-bond donors (Lipinski definition) is 2. The van der Waals surface area contributed by atoms with E-state index in [0.717, 1.165) is 16.7 Å². The molecule has 0 aromatic heterocycles. The molecule has 0 radical (unpaired) electrons. The fourth-order valence-corrected chi connectivity index (χ4v) is 3.47. The van der Waals surface area contributed by atoms with Crippen LogP contribution < -0.4 is 5.30 Å². The molecule has 0 aliphatic heterocycles. The Balaban J connectivity index is 2.83. The summed E-state index contributed by atoms with van der Waals surface area (Å²) >= 11 is 0. The molecule has 0 saturated heterocycles. The lowest BCUT2D eigenvalue weighted by molar-refractivity contribution is 0.387. The van der Waals surface area contributed by atoms with Crippen molar-refractivity contribution in [2.45, 2.75) is 20.8 Å². The molecule has 0 amide bonds. The summed E-state index contributed by atoms with van der Waals surface area (Å²) in [5.41, 5.74) is 4.05.